The van der Waals surface area contributed by atoms with Crippen molar-refractivity contribution in [3.63, 3.8) is 0 Å². The molecule has 0 radical (unpaired) electrons. The maximum absolute atomic E-state index is 10.1. The van der Waals surface area contributed by atoms with Crippen molar-refractivity contribution in [2.24, 2.45) is 0 Å². The molecule has 3 nitrogen and oxygen atoms in total. The second kappa shape index (κ2) is 4.89. The Balaban J connectivity index is 2.31. The number of aliphatic carboxylic acids is 1. The molecule has 1 rings (SSSR count). The average Bonchev–Trinajstić information content (AvgIpc) is 2.45. The van der Waals surface area contributed by atoms with Crippen LogP contribution in [0.3, 0.4) is 0 Å². The molecule has 2 N–H and O–H groups in total. The largest absolute Gasteiger partial charge is 0.478 e. The molecule has 70 valence electrons. The molecular weight excluding hydrogens is 210 g/mol. The standard InChI is InChI=1S/C8H8ClNO2S/c9-7-2-1-6(13-7)5-10-4-3-8(11)12/h1-4,10H,5H2,(H,11,12)/b4-3+. The van der Waals surface area contributed by atoms with Gasteiger partial charge in [0.15, 0.2) is 0 Å². The van der Waals surface area contributed by atoms with Crippen molar-refractivity contribution in [1.82, 2.24) is 5.32 Å². The van der Waals surface area contributed by atoms with E-state index >= 15 is 0 Å². The zero-order valence-corrected chi connectivity index (χ0v) is 8.23. The molecule has 0 saturated heterocycles. The summed E-state index contributed by atoms with van der Waals surface area (Å²) in [4.78, 5) is 11.1. The van der Waals surface area contributed by atoms with Gasteiger partial charge in [0.2, 0.25) is 0 Å². The predicted octanol–water partition coefficient (Wildman–Crippen LogP) is 2.09. The molecule has 0 aliphatic heterocycles. The van der Waals surface area contributed by atoms with E-state index < -0.39 is 5.97 Å². The van der Waals surface area contributed by atoms with E-state index in [0.29, 0.717) is 6.54 Å². The lowest BCUT2D eigenvalue weighted by Gasteiger charge is -1.94. The summed E-state index contributed by atoms with van der Waals surface area (Å²) in [5, 5.41) is 11.1. The van der Waals surface area contributed by atoms with Gasteiger partial charge in [-0.15, -0.1) is 11.3 Å². The quantitative estimate of drug-likeness (QED) is 0.760. The fraction of sp³-hybridized carbons (Fsp3) is 0.125. The highest BCUT2D eigenvalue weighted by molar-refractivity contribution is 7.16. The minimum atomic E-state index is -0.961. The van der Waals surface area contributed by atoms with Crippen LogP contribution in [0.2, 0.25) is 4.34 Å². The van der Waals surface area contributed by atoms with Gasteiger partial charge in [-0.1, -0.05) is 11.6 Å². The lowest BCUT2D eigenvalue weighted by atomic mass is 10.4. The summed E-state index contributed by atoms with van der Waals surface area (Å²) in [5.41, 5.74) is 0. The van der Waals surface area contributed by atoms with Crippen LogP contribution >= 0.6 is 22.9 Å². The van der Waals surface area contributed by atoms with Gasteiger partial charge in [-0.25, -0.2) is 4.79 Å². The van der Waals surface area contributed by atoms with Crippen LogP contribution in [0.4, 0.5) is 0 Å². The molecular formula is C8H8ClNO2S. The third-order valence-corrected chi connectivity index (χ3v) is 2.48. The van der Waals surface area contributed by atoms with Gasteiger partial charge in [-0.05, 0) is 12.1 Å². The van der Waals surface area contributed by atoms with Gasteiger partial charge < -0.3 is 10.4 Å². The summed E-state index contributed by atoms with van der Waals surface area (Å²) in [5.74, 6) is -0.961. The first-order valence-corrected chi connectivity index (χ1v) is 4.75. The molecule has 0 aliphatic carbocycles. The van der Waals surface area contributed by atoms with Crippen molar-refractivity contribution in [2.45, 2.75) is 6.54 Å². The van der Waals surface area contributed by atoms with Gasteiger partial charge in [0.25, 0.3) is 0 Å². The molecule has 0 saturated carbocycles. The highest BCUT2D eigenvalue weighted by Crippen LogP contribution is 2.20. The lowest BCUT2D eigenvalue weighted by Crippen LogP contribution is -2.03. The molecule has 0 aromatic carbocycles. The molecule has 0 fully saturated rings. The first kappa shape index (κ1) is 10.1. The van der Waals surface area contributed by atoms with Crippen LogP contribution in [-0.4, -0.2) is 11.1 Å². The number of rotatable bonds is 4. The normalized spacial score (nSPS) is 10.5. The lowest BCUT2D eigenvalue weighted by molar-refractivity contribution is -0.131. The zero-order valence-electron chi connectivity index (χ0n) is 6.66. The van der Waals surface area contributed by atoms with Gasteiger partial charge >= 0.3 is 5.97 Å². The number of halogens is 1. The first-order chi connectivity index (χ1) is 6.18. The molecule has 0 atom stereocenters. The molecule has 1 aromatic heterocycles. The Morgan fingerprint density at radius 3 is 3.00 bits per heavy atom. The minimum Gasteiger partial charge on any atom is -0.478 e. The van der Waals surface area contributed by atoms with E-state index in [-0.39, 0.29) is 0 Å². The average molecular weight is 218 g/mol. The van der Waals surface area contributed by atoms with Crippen molar-refractivity contribution < 1.29 is 9.90 Å². The monoisotopic (exact) mass is 217 g/mol. The minimum absolute atomic E-state index is 0.598. The fourth-order valence-corrected chi connectivity index (χ4v) is 1.77. The molecule has 0 unspecified atom stereocenters. The Kier molecular flexibility index (Phi) is 3.79. The topological polar surface area (TPSA) is 49.3 Å². The second-order valence-corrected chi connectivity index (χ2v) is 4.06. The van der Waals surface area contributed by atoms with Crippen LogP contribution in [0.1, 0.15) is 4.88 Å². The van der Waals surface area contributed by atoms with Crippen LogP contribution in [0, 0.1) is 0 Å². The van der Waals surface area contributed by atoms with Crippen molar-refractivity contribution in [1.29, 1.82) is 0 Å². The van der Waals surface area contributed by atoms with E-state index in [4.69, 9.17) is 16.7 Å². The van der Waals surface area contributed by atoms with Crippen LogP contribution in [-0.2, 0) is 11.3 Å². The number of carbonyl (C=O) groups is 1. The molecule has 0 bridgehead atoms. The summed E-state index contributed by atoms with van der Waals surface area (Å²) in [6.07, 6.45) is 2.45. The Morgan fingerprint density at radius 1 is 1.69 bits per heavy atom. The maximum atomic E-state index is 10.1. The Morgan fingerprint density at radius 2 is 2.46 bits per heavy atom. The highest BCUT2D eigenvalue weighted by Gasteiger charge is 1.95. The van der Waals surface area contributed by atoms with Crippen molar-refractivity contribution in [2.75, 3.05) is 0 Å². The summed E-state index contributed by atoms with van der Waals surface area (Å²) in [6, 6.07) is 3.71. The second-order valence-electron chi connectivity index (χ2n) is 2.26. The van der Waals surface area contributed by atoms with Crippen molar-refractivity contribution >= 4 is 28.9 Å². The molecule has 1 aromatic rings. The summed E-state index contributed by atoms with van der Waals surface area (Å²) in [7, 11) is 0. The summed E-state index contributed by atoms with van der Waals surface area (Å²) < 4.78 is 0.735. The van der Waals surface area contributed by atoms with E-state index in [1.807, 2.05) is 12.1 Å². The zero-order chi connectivity index (χ0) is 9.68. The van der Waals surface area contributed by atoms with Gasteiger partial charge in [0.05, 0.1) is 4.34 Å². The van der Waals surface area contributed by atoms with Gasteiger partial charge in [-0.2, -0.15) is 0 Å². The predicted molar refractivity (Wildman–Crippen MR) is 52.9 cm³/mol. The van der Waals surface area contributed by atoms with Crippen molar-refractivity contribution in [3.8, 4) is 0 Å². The van der Waals surface area contributed by atoms with Gasteiger partial charge in [0, 0.05) is 23.7 Å². The number of carboxylic acids is 1. The van der Waals surface area contributed by atoms with E-state index in [9.17, 15) is 4.79 Å². The first-order valence-electron chi connectivity index (χ1n) is 3.55. The van der Waals surface area contributed by atoms with Crippen LogP contribution < -0.4 is 5.32 Å². The number of hydrogen-bond donors (Lipinski definition) is 2. The molecule has 5 heteroatoms. The van der Waals surface area contributed by atoms with Crippen molar-refractivity contribution in [3.05, 3.63) is 33.6 Å². The molecule has 1 heterocycles. The van der Waals surface area contributed by atoms with E-state index in [1.54, 1.807) is 0 Å². The number of hydrogen-bond acceptors (Lipinski definition) is 3. The Hall–Kier alpha value is -1.000. The SMILES string of the molecule is O=C(O)/C=C/NCc1ccc(Cl)s1. The smallest absolute Gasteiger partial charge is 0.329 e. The van der Waals surface area contributed by atoms with Crippen LogP contribution in [0.5, 0.6) is 0 Å². The summed E-state index contributed by atoms with van der Waals surface area (Å²) in [6.45, 7) is 0.598. The molecule has 0 amide bonds. The van der Waals surface area contributed by atoms with E-state index in [1.165, 1.54) is 17.5 Å². The van der Waals surface area contributed by atoms with E-state index in [0.717, 1.165) is 15.3 Å². The fourth-order valence-electron chi connectivity index (χ4n) is 0.736. The van der Waals surface area contributed by atoms with Gasteiger partial charge in [0.1, 0.15) is 0 Å². The van der Waals surface area contributed by atoms with Crippen LogP contribution in [0.15, 0.2) is 24.4 Å². The van der Waals surface area contributed by atoms with Gasteiger partial charge in [-0.3, -0.25) is 0 Å². The third kappa shape index (κ3) is 3.96. The van der Waals surface area contributed by atoms with Crippen LogP contribution in [0.25, 0.3) is 0 Å². The molecule has 13 heavy (non-hydrogen) atoms. The maximum Gasteiger partial charge on any atom is 0.329 e. The third-order valence-electron chi connectivity index (χ3n) is 1.25. The molecule has 0 spiro atoms. The molecule has 0 aliphatic rings. The Labute approximate surface area is 84.7 Å². The Bertz CT molecular complexity index is 322. The highest BCUT2D eigenvalue weighted by atomic mass is 35.5. The number of thiophene rings is 1. The summed E-state index contributed by atoms with van der Waals surface area (Å²) >= 11 is 7.17. The number of nitrogens with one attached hydrogen (secondary N) is 1. The number of carboxylic acid groups (broad SMARTS) is 1. The van der Waals surface area contributed by atoms with E-state index in [2.05, 4.69) is 5.32 Å².